The second kappa shape index (κ2) is 9.89. The Morgan fingerprint density at radius 2 is 2.26 bits per heavy atom. The van der Waals surface area contributed by atoms with Crippen LogP contribution in [0, 0.1) is 11.8 Å². The highest BCUT2D eigenvalue weighted by Gasteiger charge is 2.30. The number of ether oxygens (including phenoxy) is 1. The summed E-state index contributed by atoms with van der Waals surface area (Å²) < 4.78 is 47.7. The van der Waals surface area contributed by atoms with Crippen LogP contribution in [-0.2, 0) is 0 Å². The Bertz CT molecular complexity index is 897. The van der Waals surface area contributed by atoms with Gasteiger partial charge >= 0.3 is 12.2 Å². The standard InChI is InChI=1S/C22H26F3N3O3/c1-15(10-22(23,24)25)13-30-20-5-3-4-17(9-20)8-18-6-7-28(12-16(18)2)21(29)27-19-11-26-31-14-19/h3-5,8-9,11,14-16H,6-7,10,12-13H2,1-2H3,(H,27,29)/b18-8+. The van der Waals surface area contributed by atoms with E-state index >= 15 is 0 Å². The van der Waals surface area contributed by atoms with Gasteiger partial charge in [-0.15, -0.1) is 0 Å². The van der Waals surface area contributed by atoms with Gasteiger partial charge in [-0.05, 0) is 36.0 Å². The first-order valence-corrected chi connectivity index (χ1v) is 10.1. The molecule has 3 rings (SSSR count). The fourth-order valence-electron chi connectivity index (χ4n) is 3.52. The van der Waals surface area contributed by atoms with Crippen molar-refractivity contribution in [3.8, 4) is 5.75 Å². The summed E-state index contributed by atoms with van der Waals surface area (Å²) in [5, 5.41) is 6.31. The fraction of sp³-hybridized carbons (Fsp3) is 0.455. The SMILES string of the molecule is CC(COc1cccc(/C=C2\CCN(C(=O)Nc3cnoc3)CC2C)c1)CC(F)(F)F. The molecule has 0 bridgehead atoms. The number of rotatable bonds is 6. The number of alkyl halides is 3. The topological polar surface area (TPSA) is 67.6 Å². The molecule has 1 aromatic carbocycles. The number of carbonyl (C=O) groups excluding carboxylic acids is 1. The molecule has 31 heavy (non-hydrogen) atoms. The van der Waals surface area contributed by atoms with Crippen molar-refractivity contribution in [3.05, 3.63) is 47.9 Å². The van der Waals surface area contributed by atoms with E-state index in [4.69, 9.17) is 9.26 Å². The smallest absolute Gasteiger partial charge is 0.389 e. The second-order valence-electron chi connectivity index (χ2n) is 7.97. The van der Waals surface area contributed by atoms with Crippen molar-refractivity contribution < 1.29 is 27.2 Å². The van der Waals surface area contributed by atoms with E-state index in [0.717, 1.165) is 12.0 Å². The van der Waals surface area contributed by atoms with E-state index in [2.05, 4.69) is 23.5 Å². The van der Waals surface area contributed by atoms with Gasteiger partial charge in [0.1, 0.15) is 17.7 Å². The van der Waals surface area contributed by atoms with Crippen LogP contribution in [0.2, 0.25) is 0 Å². The second-order valence-corrected chi connectivity index (χ2v) is 7.97. The number of benzene rings is 1. The van der Waals surface area contributed by atoms with E-state index in [9.17, 15) is 18.0 Å². The van der Waals surface area contributed by atoms with Gasteiger partial charge in [0.15, 0.2) is 0 Å². The van der Waals surface area contributed by atoms with Crippen molar-refractivity contribution >= 4 is 17.8 Å². The summed E-state index contributed by atoms with van der Waals surface area (Å²) in [5.74, 6) is 0.0928. The zero-order valence-electron chi connectivity index (χ0n) is 17.5. The fourth-order valence-corrected chi connectivity index (χ4v) is 3.52. The summed E-state index contributed by atoms with van der Waals surface area (Å²) >= 11 is 0. The number of nitrogens with zero attached hydrogens (tertiary/aromatic N) is 2. The van der Waals surface area contributed by atoms with Crippen LogP contribution < -0.4 is 10.1 Å². The monoisotopic (exact) mass is 437 g/mol. The molecule has 6 nitrogen and oxygen atoms in total. The van der Waals surface area contributed by atoms with Gasteiger partial charge in [0, 0.05) is 19.5 Å². The zero-order valence-corrected chi connectivity index (χ0v) is 17.5. The number of hydrogen-bond acceptors (Lipinski definition) is 4. The van der Waals surface area contributed by atoms with Gasteiger partial charge in [-0.25, -0.2) is 4.79 Å². The van der Waals surface area contributed by atoms with Gasteiger partial charge in [-0.1, -0.05) is 42.8 Å². The van der Waals surface area contributed by atoms with Crippen molar-refractivity contribution in [3.63, 3.8) is 0 Å². The number of halogens is 3. The third kappa shape index (κ3) is 7.04. The van der Waals surface area contributed by atoms with Crippen LogP contribution in [0.25, 0.3) is 6.08 Å². The summed E-state index contributed by atoms with van der Waals surface area (Å²) in [4.78, 5) is 14.1. The minimum absolute atomic E-state index is 0.00614. The first-order chi connectivity index (χ1) is 14.7. The molecule has 2 atom stereocenters. The highest BCUT2D eigenvalue weighted by atomic mass is 19.4. The minimum atomic E-state index is -4.19. The summed E-state index contributed by atoms with van der Waals surface area (Å²) in [7, 11) is 0. The van der Waals surface area contributed by atoms with Gasteiger partial charge in [-0.3, -0.25) is 0 Å². The molecule has 0 radical (unpaired) electrons. The molecule has 1 saturated heterocycles. The maximum Gasteiger partial charge on any atom is 0.389 e. The molecular weight excluding hydrogens is 411 g/mol. The summed E-state index contributed by atoms with van der Waals surface area (Å²) in [6.07, 6.45) is 0.546. The van der Waals surface area contributed by atoms with E-state index in [0.29, 0.717) is 24.5 Å². The van der Waals surface area contributed by atoms with E-state index in [-0.39, 0.29) is 18.6 Å². The predicted octanol–water partition coefficient (Wildman–Crippen LogP) is 5.60. The number of urea groups is 1. The molecular formula is C22H26F3N3O3. The molecule has 9 heteroatoms. The molecule has 1 fully saturated rings. The van der Waals surface area contributed by atoms with Crippen LogP contribution in [-0.4, -0.2) is 42.0 Å². The Kier molecular flexibility index (Phi) is 7.25. The molecule has 0 saturated carbocycles. The molecule has 2 heterocycles. The molecule has 0 spiro atoms. The zero-order chi connectivity index (χ0) is 22.4. The van der Waals surface area contributed by atoms with Crippen LogP contribution in [0.5, 0.6) is 5.75 Å². The average molecular weight is 437 g/mol. The Labute approximate surface area is 179 Å². The van der Waals surface area contributed by atoms with Gasteiger partial charge in [0.05, 0.1) is 12.8 Å². The van der Waals surface area contributed by atoms with Crippen molar-refractivity contribution in [2.75, 3.05) is 25.0 Å². The van der Waals surface area contributed by atoms with Crippen LogP contribution in [0.1, 0.15) is 32.3 Å². The lowest BCUT2D eigenvalue weighted by atomic mass is 9.91. The third-order valence-corrected chi connectivity index (χ3v) is 5.09. The van der Waals surface area contributed by atoms with Gasteiger partial charge < -0.3 is 19.5 Å². The average Bonchev–Trinajstić information content (AvgIpc) is 3.20. The Balaban J connectivity index is 1.56. The number of aromatic nitrogens is 1. The largest absolute Gasteiger partial charge is 0.493 e. The lowest BCUT2D eigenvalue weighted by Crippen LogP contribution is -2.42. The molecule has 1 aromatic heterocycles. The maximum atomic E-state index is 12.5. The highest BCUT2D eigenvalue weighted by Crippen LogP contribution is 2.28. The van der Waals surface area contributed by atoms with E-state index in [1.807, 2.05) is 18.2 Å². The van der Waals surface area contributed by atoms with Crippen molar-refractivity contribution in [1.82, 2.24) is 10.1 Å². The molecule has 2 unspecified atom stereocenters. The number of hydrogen-bond donors (Lipinski definition) is 1. The maximum absolute atomic E-state index is 12.5. The molecule has 0 aliphatic carbocycles. The molecule has 168 valence electrons. The lowest BCUT2D eigenvalue weighted by Gasteiger charge is -2.33. The van der Waals surface area contributed by atoms with E-state index in [1.54, 1.807) is 11.0 Å². The Morgan fingerprint density at radius 3 is 2.94 bits per heavy atom. The third-order valence-electron chi connectivity index (χ3n) is 5.09. The number of carbonyl (C=O) groups is 1. The van der Waals surface area contributed by atoms with Crippen molar-refractivity contribution in [2.24, 2.45) is 11.8 Å². The molecule has 1 aliphatic heterocycles. The van der Waals surface area contributed by atoms with Crippen LogP contribution >= 0.6 is 0 Å². The normalized spacial score (nSPS) is 19.3. The summed E-state index contributed by atoms with van der Waals surface area (Å²) in [5.41, 5.74) is 2.64. The number of piperidine rings is 1. The van der Waals surface area contributed by atoms with Crippen LogP contribution in [0.15, 0.2) is 46.8 Å². The van der Waals surface area contributed by atoms with Crippen LogP contribution in [0.4, 0.5) is 23.7 Å². The number of nitrogens with one attached hydrogen (secondary N) is 1. The molecule has 1 aliphatic rings. The molecule has 2 aromatic rings. The number of likely N-dealkylation sites (tertiary alicyclic amines) is 1. The van der Waals surface area contributed by atoms with Crippen molar-refractivity contribution in [2.45, 2.75) is 32.9 Å². The van der Waals surface area contributed by atoms with E-state index < -0.39 is 18.5 Å². The Morgan fingerprint density at radius 1 is 1.45 bits per heavy atom. The quantitative estimate of drug-likeness (QED) is 0.639. The Hall–Kier alpha value is -2.97. The predicted molar refractivity (Wildman–Crippen MR) is 111 cm³/mol. The highest BCUT2D eigenvalue weighted by molar-refractivity contribution is 5.89. The van der Waals surface area contributed by atoms with Gasteiger partial charge in [-0.2, -0.15) is 13.2 Å². The first kappa shape index (κ1) is 22.7. The van der Waals surface area contributed by atoms with E-state index in [1.165, 1.54) is 25.0 Å². The van der Waals surface area contributed by atoms with Gasteiger partial charge in [0.25, 0.3) is 0 Å². The number of anilines is 1. The van der Waals surface area contributed by atoms with Gasteiger partial charge in [0.2, 0.25) is 0 Å². The lowest BCUT2D eigenvalue weighted by molar-refractivity contribution is -0.145. The summed E-state index contributed by atoms with van der Waals surface area (Å²) in [6, 6.07) is 7.12. The molecule has 1 N–H and O–H groups in total. The molecule has 2 amide bonds. The minimum Gasteiger partial charge on any atom is -0.493 e. The van der Waals surface area contributed by atoms with Crippen molar-refractivity contribution in [1.29, 1.82) is 0 Å². The number of amides is 2. The first-order valence-electron chi connectivity index (χ1n) is 10.1. The van der Waals surface area contributed by atoms with Crippen LogP contribution in [0.3, 0.4) is 0 Å². The summed E-state index contributed by atoms with van der Waals surface area (Å²) in [6.45, 7) is 4.75.